The van der Waals surface area contributed by atoms with Crippen molar-refractivity contribution in [1.82, 2.24) is 10.1 Å². The Morgan fingerprint density at radius 3 is 2.86 bits per heavy atom. The number of likely N-dealkylation sites (tertiary alicyclic amines) is 1. The Bertz CT molecular complexity index is 666. The van der Waals surface area contributed by atoms with E-state index in [1.165, 1.54) is 0 Å². The number of hydrogen-bond donors (Lipinski definition) is 1. The van der Waals surface area contributed by atoms with Crippen LogP contribution in [0.2, 0.25) is 0 Å². The largest absolute Gasteiger partial charge is 0.354 e. The van der Waals surface area contributed by atoms with Crippen LogP contribution in [0.4, 0.5) is 5.82 Å². The summed E-state index contributed by atoms with van der Waals surface area (Å²) >= 11 is 0. The molecule has 2 heterocycles. The van der Waals surface area contributed by atoms with Crippen molar-refractivity contribution in [2.24, 2.45) is 0 Å². The van der Waals surface area contributed by atoms with Gasteiger partial charge in [-0.1, -0.05) is 35.5 Å². The van der Waals surface area contributed by atoms with E-state index in [1.54, 1.807) is 11.0 Å². The number of carbonyl (C=O) groups excluding carboxylic acids is 2. The number of carbonyl (C=O) groups is 2. The number of benzene rings is 1. The van der Waals surface area contributed by atoms with Crippen molar-refractivity contribution in [3.8, 4) is 11.3 Å². The van der Waals surface area contributed by atoms with Crippen LogP contribution in [0.25, 0.3) is 11.3 Å². The molecular formula is C16H17N3O3. The number of nitrogens with zero attached hydrogens (tertiary/aromatic N) is 2. The van der Waals surface area contributed by atoms with Gasteiger partial charge in [-0.05, 0) is 6.42 Å². The lowest BCUT2D eigenvalue weighted by Gasteiger charge is -2.14. The molecule has 1 aliphatic heterocycles. The molecule has 0 aliphatic carbocycles. The van der Waals surface area contributed by atoms with E-state index in [9.17, 15) is 9.59 Å². The second-order valence-corrected chi connectivity index (χ2v) is 5.22. The van der Waals surface area contributed by atoms with Crippen molar-refractivity contribution in [3.63, 3.8) is 0 Å². The molecule has 2 amide bonds. The van der Waals surface area contributed by atoms with Crippen LogP contribution < -0.4 is 5.32 Å². The van der Waals surface area contributed by atoms with Gasteiger partial charge in [-0.2, -0.15) is 0 Å². The first kappa shape index (κ1) is 14.3. The summed E-state index contributed by atoms with van der Waals surface area (Å²) in [4.78, 5) is 25.1. The van der Waals surface area contributed by atoms with Crippen molar-refractivity contribution in [3.05, 3.63) is 36.4 Å². The molecule has 1 aliphatic rings. The van der Waals surface area contributed by atoms with Gasteiger partial charge in [-0.3, -0.25) is 9.59 Å². The predicted octanol–water partition coefficient (Wildman–Crippen LogP) is 2.29. The standard InChI is InChI=1S/C16H17N3O3/c20-15(8-10-19-9-4-7-16(19)21)17-14-11-13(22-18-14)12-5-2-1-3-6-12/h1-3,5-6,11H,4,7-10H2,(H,17,18,20). The van der Waals surface area contributed by atoms with E-state index in [1.807, 2.05) is 30.3 Å². The summed E-state index contributed by atoms with van der Waals surface area (Å²) in [6, 6.07) is 11.2. The van der Waals surface area contributed by atoms with Crippen LogP contribution in [0.5, 0.6) is 0 Å². The van der Waals surface area contributed by atoms with E-state index in [-0.39, 0.29) is 18.2 Å². The first-order valence-corrected chi connectivity index (χ1v) is 7.32. The summed E-state index contributed by atoms with van der Waals surface area (Å²) in [5.41, 5.74) is 0.901. The van der Waals surface area contributed by atoms with Crippen molar-refractivity contribution < 1.29 is 14.1 Å². The summed E-state index contributed by atoms with van der Waals surface area (Å²) in [6.45, 7) is 1.20. The van der Waals surface area contributed by atoms with Crippen LogP contribution in [0.15, 0.2) is 40.9 Å². The fraction of sp³-hybridized carbons (Fsp3) is 0.312. The van der Waals surface area contributed by atoms with Crippen LogP contribution in [0.3, 0.4) is 0 Å². The van der Waals surface area contributed by atoms with Gasteiger partial charge in [0.05, 0.1) is 0 Å². The zero-order valence-corrected chi connectivity index (χ0v) is 12.1. The van der Waals surface area contributed by atoms with E-state index in [0.717, 1.165) is 18.5 Å². The number of amides is 2. The van der Waals surface area contributed by atoms with E-state index in [2.05, 4.69) is 10.5 Å². The Morgan fingerprint density at radius 1 is 1.32 bits per heavy atom. The molecule has 2 aromatic rings. The van der Waals surface area contributed by atoms with Crippen LogP contribution in [0, 0.1) is 0 Å². The lowest BCUT2D eigenvalue weighted by atomic mass is 10.2. The van der Waals surface area contributed by atoms with Gasteiger partial charge in [0, 0.05) is 37.6 Å². The molecule has 0 saturated carbocycles. The second-order valence-electron chi connectivity index (χ2n) is 5.22. The first-order valence-electron chi connectivity index (χ1n) is 7.32. The van der Waals surface area contributed by atoms with Crippen molar-refractivity contribution in [2.75, 3.05) is 18.4 Å². The monoisotopic (exact) mass is 299 g/mol. The molecule has 6 heteroatoms. The summed E-state index contributed by atoms with van der Waals surface area (Å²) in [5.74, 6) is 0.940. The highest BCUT2D eigenvalue weighted by Crippen LogP contribution is 2.22. The average Bonchev–Trinajstić information content (AvgIpc) is 3.15. The fourth-order valence-electron chi connectivity index (χ4n) is 2.45. The van der Waals surface area contributed by atoms with E-state index >= 15 is 0 Å². The zero-order valence-electron chi connectivity index (χ0n) is 12.1. The molecule has 0 radical (unpaired) electrons. The molecule has 1 aromatic carbocycles. The normalized spacial score (nSPS) is 14.4. The molecule has 0 bridgehead atoms. The molecule has 3 rings (SSSR count). The molecular weight excluding hydrogens is 282 g/mol. The number of anilines is 1. The topological polar surface area (TPSA) is 75.4 Å². The highest BCUT2D eigenvalue weighted by molar-refractivity contribution is 5.90. The third-order valence-corrected chi connectivity index (χ3v) is 3.62. The molecule has 0 spiro atoms. The Labute approximate surface area is 128 Å². The van der Waals surface area contributed by atoms with Gasteiger partial charge >= 0.3 is 0 Å². The number of hydrogen-bond acceptors (Lipinski definition) is 4. The molecule has 6 nitrogen and oxygen atoms in total. The first-order chi connectivity index (χ1) is 10.7. The molecule has 0 atom stereocenters. The molecule has 1 saturated heterocycles. The number of aromatic nitrogens is 1. The Balaban J connectivity index is 1.54. The van der Waals surface area contributed by atoms with Gasteiger partial charge in [0.15, 0.2) is 11.6 Å². The van der Waals surface area contributed by atoms with Gasteiger partial charge in [0.25, 0.3) is 0 Å². The highest BCUT2D eigenvalue weighted by Gasteiger charge is 2.20. The molecule has 22 heavy (non-hydrogen) atoms. The minimum Gasteiger partial charge on any atom is -0.354 e. The van der Waals surface area contributed by atoms with E-state index in [0.29, 0.717) is 24.5 Å². The summed E-state index contributed by atoms with van der Waals surface area (Å²) in [6.07, 6.45) is 1.73. The van der Waals surface area contributed by atoms with Gasteiger partial charge < -0.3 is 14.7 Å². The maximum absolute atomic E-state index is 11.9. The number of nitrogens with one attached hydrogen (secondary N) is 1. The third-order valence-electron chi connectivity index (χ3n) is 3.62. The smallest absolute Gasteiger partial charge is 0.227 e. The van der Waals surface area contributed by atoms with Crippen LogP contribution in [-0.4, -0.2) is 35.0 Å². The maximum Gasteiger partial charge on any atom is 0.227 e. The fourth-order valence-corrected chi connectivity index (χ4v) is 2.45. The molecule has 1 N–H and O–H groups in total. The molecule has 1 aromatic heterocycles. The quantitative estimate of drug-likeness (QED) is 0.919. The minimum absolute atomic E-state index is 0.126. The lowest BCUT2D eigenvalue weighted by molar-refractivity contribution is -0.128. The number of rotatable bonds is 5. The summed E-state index contributed by atoms with van der Waals surface area (Å²) < 4.78 is 5.22. The third kappa shape index (κ3) is 3.33. The van der Waals surface area contributed by atoms with Crippen molar-refractivity contribution in [1.29, 1.82) is 0 Å². The van der Waals surface area contributed by atoms with Crippen LogP contribution >= 0.6 is 0 Å². The Morgan fingerprint density at radius 2 is 2.14 bits per heavy atom. The predicted molar refractivity (Wildman–Crippen MR) is 81.0 cm³/mol. The van der Waals surface area contributed by atoms with Gasteiger partial charge in [-0.15, -0.1) is 0 Å². The lowest BCUT2D eigenvalue weighted by Crippen LogP contribution is -2.28. The van der Waals surface area contributed by atoms with E-state index < -0.39 is 0 Å². The van der Waals surface area contributed by atoms with Crippen molar-refractivity contribution in [2.45, 2.75) is 19.3 Å². The van der Waals surface area contributed by atoms with E-state index in [4.69, 9.17) is 4.52 Å². The molecule has 1 fully saturated rings. The minimum atomic E-state index is -0.174. The van der Waals surface area contributed by atoms with Crippen molar-refractivity contribution >= 4 is 17.6 Å². The second kappa shape index (κ2) is 6.43. The summed E-state index contributed by atoms with van der Waals surface area (Å²) in [7, 11) is 0. The maximum atomic E-state index is 11.9. The van der Waals surface area contributed by atoms with Crippen LogP contribution in [-0.2, 0) is 9.59 Å². The van der Waals surface area contributed by atoms with Gasteiger partial charge in [0.2, 0.25) is 11.8 Å². The SMILES string of the molecule is O=C(CCN1CCCC1=O)Nc1cc(-c2ccccc2)on1. The molecule has 0 unspecified atom stereocenters. The summed E-state index contributed by atoms with van der Waals surface area (Å²) in [5, 5.41) is 6.53. The average molecular weight is 299 g/mol. The molecule has 114 valence electrons. The Hall–Kier alpha value is -2.63. The highest BCUT2D eigenvalue weighted by atomic mass is 16.5. The van der Waals surface area contributed by atoms with Crippen LogP contribution in [0.1, 0.15) is 19.3 Å². The Kier molecular flexibility index (Phi) is 4.18. The zero-order chi connectivity index (χ0) is 15.4. The van der Waals surface area contributed by atoms with Gasteiger partial charge in [0.1, 0.15) is 0 Å². The van der Waals surface area contributed by atoms with Gasteiger partial charge in [-0.25, -0.2) is 0 Å².